The van der Waals surface area contributed by atoms with Gasteiger partial charge in [-0.2, -0.15) is 5.10 Å². The highest BCUT2D eigenvalue weighted by atomic mass is 15.3. The summed E-state index contributed by atoms with van der Waals surface area (Å²) in [4.78, 5) is 8.99. The van der Waals surface area contributed by atoms with Gasteiger partial charge in [0.05, 0.1) is 11.4 Å². The van der Waals surface area contributed by atoms with Crippen LogP contribution in [0.3, 0.4) is 0 Å². The quantitative estimate of drug-likeness (QED) is 0.872. The third kappa shape index (κ3) is 2.43. The summed E-state index contributed by atoms with van der Waals surface area (Å²) in [5, 5.41) is 7.23. The highest BCUT2D eigenvalue weighted by Gasteiger charge is 2.08. The number of aromatic nitrogens is 4. The Morgan fingerprint density at radius 2 is 2.18 bits per heavy atom. The lowest BCUT2D eigenvalue weighted by Crippen LogP contribution is -2.03. The zero-order valence-electron chi connectivity index (χ0n) is 10.4. The number of rotatable bonds is 4. The van der Waals surface area contributed by atoms with Gasteiger partial charge in [0.25, 0.3) is 0 Å². The maximum atomic E-state index is 4.56. The van der Waals surface area contributed by atoms with Crippen LogP contribution in [0, 0.1) is 0 Å². The maximum absolute atomic E-state index is 4.56. The molecular weight excluding hydrogens is 214 g/mol. The molecule has 2 aromatic heterocycles. The Bertz CT molecular complexity index is 503. The van der Waals surface area contributed by atoms with Gasteiger partial charge in [-0.1, -0.05) is 6.92 Å². The highest BCUT2D eigenvalue weighted by Crippen LogP contribution is 2.19. The van der Waals surface area contributed by atoms with E-state index in [0.29, 0.717) is 0 Å². The second-order valence-corrected chi connectivity index (χ2v) is 3.89. The molecule has 0 bridgehead atoms. The van der Waals surface area contributed by atoms with Crippen molar-refractivity contribution in [1.82, 2.24) is 19.7 Å². The van der Waals surface area contributed by atoms with E-state index < -0.39 is 0 Å². The molecule has 0 aliphatic carbocycles. The van der Waals surface area contributed by atoms with Crippen molar-refractivity contribution in [3.63, 3.8) is 0 Å². The van der Waals surface area contributed by atoms with E-state index in [9.17, 15) is 0 Å². The molecule has 0 radical (unpaired) electrons. The topological polar surface area (TPSA) is 55.6 Å². The molecule has 17 heavy (non-hydrogen) atoms. The van der Waals surface area contributed by atoms with E-state index in [4.69, 9.17) is 0 Å². The van der Waals surface area contributed by atoms with Crippen LogP contribution in [0.2, 0.25) is 0 Å². The number of anilines is 1. The summed E-state index contributed by atoms with van der Waals surface area (Å²) in [6, 6.07) is 3.90. The molecule has 5 heteroatoms. The van der Waals surface area contributed by atoms with Gasteiger partial charge in [0, 0.05) is 32.8 Å². The van der Waals surface area contributed by atoms with Crippen molar-refractivity contribution >= 4 is 5.82 Å². The first-order chi connectivity index (χ1) is 8.24. The smallest absolute Gasteiger partial charge is 0.131 e. The van der Waals surface area contributed by atoms with Crippen LogP contribution in [0.15, 0.2) is 18.3 Å². The van der Waals surface area contributed by atoms with Crippen molar-refractivity contribution in [3.8, 4) is 11.4 Å². The van der Waals surface area contributed by atoms with Gasteiger partial charge >= 0.3 is 0 Å². The summed E-state index contributed by atoms with van der Waals surface area (Å²) in [5.41, 5.74) is 1.91. The Hall–Kier alpha value is -1.91. The van der Waals surface area contributed by atoms with E-state index in [0.717, 1.165) is 35.9 Å². The Kier molecular flexibility index (Phi) is 3.37. The monoisotopic (exact) mass is 231 g/mol. The molecule has 0 fully saturated rings. The molecule has 90 valence electrons. The normalized spacial score (nSPS) is 10.5. The molecule has 2 rings (SSSR count). The lowest BCUT2D eigenvalue weighted by molar-refractivity contribution is 0.769. The second kappa shape index (κ2) is 4.95. The SMILES string of the molecule is CCCc1nc(NC)cc(-c2ccnn2C)n1. The van der Waals surface area contributed by atoms with Gasteiger partial charge in [-0.05, 0) is 12.5 Å². The second-order valence-electron chi connectivity index (χ2n) is 3.89. The first-order valence-electron chi connectivity index (χ1n) is 5.78. The van der Waals surface area contributed by atoms with Gasteiger partial charge in [0.15, 0.2) is 0 Å². The first-order valence-corrected chi connectivity index (χ1v) is 5.78. The van der Waals surface area contributed by atoms with E-state index >= 15 is 0 Å². The van der Waals surface area contributed by atoms with Crippen molar-refractivity contribution in [2.75, 3.05) is 12.4 Å². The lowest BCUT2D eigenvalue weighted by Gasteiger charge is -2.07. The number of hydrogen-bond acceptors (Lipinski definition) is 4. The van der Waals surface area contributed by atoms with Crippen molar-refractivity contribution in [3.05, 3.63) is 24.2 Å². The minimum Gasteiger partial charge on any atom is -0.373 e. The third-order valence-electron chi connectivity index (χ3n) is 2.59. The average Bonchev–Trinajstić information content (AvgIpc) is 2.75. The molecule has 0 atom stereocenters. The van der Waals surface area contributed by atoms with E-state index in [-0.39, 0.29) is 0 Å². The fraction of sp³-hybridized carbons (Fsp3) is 0.417. The first kappa shape index (κ1) is 11.6. The molecule has 0 amide bonds. The van der Waals surface area contributed by atoms with Gasteiger partial charge in [-0.15, -0.1) is 0 Å². The van der Waals surface area contributed by atoms with Gasteiger partial charge in [0.1, 0.15) is 11.6 Å². The highest BCUT2D eigenvalue weighted by molar-refractivity contribution is 5.58. The lowest BCUT2D eigenvalue weighted by atomic mass is 10.2. The van der Waals surface area contributed by atoms with E-state index in [1.54, 1.807) is 6.20 Å². The predicted molar refractivity (Wildman–Crippen MR) is 67.8 cm³/mol. The zero-order chi connectivity index (χ0) is 12.3. The fourth-order valence-corrected chi connectivity index (χ4v) is 1.72. The molecule has 0 saturated carbocycles. The van der Waals surface area contributed by atoms with Crippen LogP contribution in [0.5, 0.6) is 0 Å². The van der Waals surface area contributed by atoms with Crippen LogP contribution >= 0.6 is 0 Å². The molecule has 0 spiro atoms. The van der Waals surface area contributed by atoms with Crippen LogP contribution in [0.4, 0.5) is 5.82 Å². The molecule has 2 aromatic rings. The molecule has 0 aromatic carbocycles. The summed E-state index contributed by atoms with van der Waals surface area (Å²) >= 11 is 0. The van der Waals surface area contributed by atoms with Crippen molar-refractivity contribution < 1.29 is 0 Å². The number of nitrogens with one attached hydrogen (secondary N) is 1. The summed E-state index contributed by atoms with van der Waals surface area (Å²) < 4.78 is 1.82. The summed E-state index contributed by atoms with van der Waals surface area (Å²) in [6.07, 6.45) is 3.70. The van der Waals surface area contributed by atoms with Crippen LogP contribution in [0.1, 0.15) is 19.2 Å². The van der Waals surface area contributed by atoms with Gasteiger partial charge in [-0.25, -0.2) is 9.97 Å². The standard InChI is InChI=1S/C12H17N5/c1-4-5-11-15-9(8-12(13-2)16-11)10-6-7-14-17(10)3/h6-8H,4-5H2,1-3H3,(H,13,15,16). The largest absolute Gasteiger partial charge is 0.373 e. The van der Waals surface area contributed by atoms with Gasteiger partial charge in [0.2, 0.25) is 0 Å². The fourth-order valence-electron chi connectivity index (χ4n) is 1.72. The molecule has 1 N–H and O–H groups in total. The number of nitrogens with zero attached hydrogens (tertiary/aromatic N) is 4. The van der Waals surface area contributed by atoms with Crippen molar-refractivity contribution in [2.24, 2.45) is 7.05 Å². The Morgan fingerprint density at radius 1 is 1.35 bits per heavy atom. The van der Waals surface area contributed by atoms with E-state index in [1.807, 2.05) is 30.9 Å². The molecule has 5 nitrogen and oxygen atoms in total. The number of hydrogen-bond donors (Lipinski definition) is 1. The van der Waals surface area contributed by atoms with Crippen LogP contribution in [-0.4, -0.2) is 26.8 Å². The predicted octanol–water partition coefficient (Wildman–Crippen LogP) is 1.87. The zero-order valence-corrected chi connectivity index (χ0v) is 10.4. The van der Waals surface area contributed by atoms with Gasteiger partial charge < -0.3 is 5.32 Å². The van der Waals surface area contributed by atoms with E-state index in [1.165, 1.54) is 0 Å². The third-order valence-corrected chi connectivity index (χ3v) is 2.59. The molecule has 2 heterocycles. The van der Waals surface area contributed by atoms with Crippen LogP contribution < -0.4 is 5.32 Å². The average molecular weight is 231 g/mol. The van der Waals surface area contributed by atoms with Crippen LogP contribution in [0.25, 0.3) is 11.4 Å². The minimum absolute atomic E-state index is 0.847. The van der Waals surface area contributed by atoms with Crippen molar-refractivity contribution in [2.45, 2.75) is 19.8 Å². The molecule has 0 unspecified atom stereocenters. The van der Waals surface area contributed by atoms with Crippen molar-refractivity contribution in [1.29, 1.82) is 0 Å². The Balaban J connectivity index is 2.46. The minimum atomic E-state index is 0.847. The van der Waals surface area contributed by atoms with Gasteiger partial charge in [-0.3, -0.25) is 4.68 Å². The summed E-state index contributed by atoms with van der Waals surface area (Å²) in [7, 11) is 3.78. The molecular formula is C12H17N5. The van der Waals surface area contributed by atoms with Crippen LogP contribution in [-0.2, 0) is 13.5 Å². The molecule has 0 saturated heterocycles. The summed E-state index contributed by atoms with van der Waals surface area (Å²) in [6.45, 7) is 2.12. The maximum Gasteiger partial charge on any atom is 0.131 e. The molecule has 0 aliphatic rings. The van der Waals surface area contributed by atoms with E-state index in [2.05, 4.69) is 27.3 Å². The summed E-state index contributed by atoms with van der Waals surface area (Å²) in [5.74, 6) is 1.72. The Morgan fingerprint density at radius 3 is 2.76 bits per heavy atom. The Labute approximate surface area is 101 Å². The molecule has 0 aliphatic heterocycles. The number of aryl methyl sites for hydroxylation is 2.